The third-order valence-corrected chi connectivity index (χ3v) is 2.31. The summed E-state index contributed by atoms with van der Waals surface area (Å²) in [6.45, 7) is 5.31. The molecule has 15 heavy (non-hydrogen) atoms. The number of rotatable bonds is 5. The third-order valence-electron chi connectivity index (χ3n) is 2.02. The van der Waals surface area contributed by atoms with Gasteiger partial charge in [-0.15, -0.1) is 0 Å². The fourth-order valence-electron chi connectivity index (χ4n) is 1.03. The SMILES string of the molecule is CC(C)CNC(=S)NCC(=O)NC1CC1. The number of thiocarbonyl (C=S) groups is 1. The Balaban J connectivity index is 2.02. The van der Waals surface area contributed by atoms with Crippen molar-refractivity contribution in [3.05, 3.63) is 0 Å². The maximum atomic E-state index is 11.3. The second-order valence-corrected chi connectivity index (χ2v) is 4.71. The lowest BCUT2D eigenvalue weighted by atomic mass is 10.2. The van der Waals surface area contributed by atoms with E-state index in [1.165, 1.54) is 0 Å². The van der Waals surface area contributed by atoms with Crippen molar-refractivity contribution < 1.29 is 4.79 Å². The molecule has 0 unspecified atom stereocenters. The monoisotopic (exact) mass is 229 g/mol. The molecule has 4 nitrogen and oxygen atoms in total. The molecular weight excluding hydrogens is 210 g/mol. The maximum absolute atomic E-state index is 11.3. The first-order valence-electron chi connectivity index (χ1n) is 5.39. The first kappa shape index (κ1) is 12.2. The topological polar surface area (TPSA) is 53.2 Å². The molecule has 0 aromatic rings. The highest BCUT2D eigenvalue weighted by Crippen LogP contribution is 2.18. The molecule has 0 bridgehead atoms. The Morgan fingerprint density at radius 3 is 2.60 bits per heavy atom. The van der Waals surface area contributed by atoms with Gasteiger partial charge in [0.15, 0.2) is 5.11 Å². The molecule has 0 saturated heterocycles. The Labute approximate surface area is 96.2 Å². The lowest BCUT2D eigenvalue weighted by molar-refractivity contribution is -0.120. The summed E-state index contributed by atoms with van der Waals surface area (Å²) in [7, 11) is 0. The van der Waals surface area contributed by atoms with Crippen LogP contribution in [0.2, 0.25) is 0 Å². The van der Waals surface area contributed by atoms with Gasteiger partial charge in [0.2, 0.25) is 5.91 Å². The van der Waals surface area contributed by atoms with Crippen LogP contribution >= 0.6 is 12.2 Å². The smallest absolute Gasteiger partial charge is 0.239 e. The van der Waals surface area contributed by atoms with Crippen LogP contribution in [0.1, 0.15) is 26.7 Å². The van der Waals surface area contributed by atoms with E-state index in [2.05, 4.69) is 29.8 Å². The normalized spacial score (nSPS) is 14.9. The molecule has 0 aromatic carbocycles. The number of hydrogen-bond donors (Lipinski definition) is 3. The Morgan fingerprint density at radius 1 is 1.40 bits per heavy atom. The van der Waals surface area contributed by atoms with E-state index in [1.807, 2.05) is 0 Å². The van der Waals surface area contributed by atoms with E-state index in [-0.39, 0.29) is 12.5 Å². The summed E-state index contributed by atoms with van der Waals surface area (Å²) in [5, 5.41) is 9.36. The Kier molecular flexibility index (Phi) is 4.81. The molecule has 1 aliphatic rings. The summed E-state index contributed by atoms with van der Waals surface area (Å²) in [5.41, 5.74) is 0. The summed E-state index contributed by atoms with van der Waals surface area (Å²) in [5.74, 6) is 0.566. The second kappa shape index (κ2) is 5.90. The van der Waals surface area contributed by atoms with E-state index >= 15 is 0 Å². The van der Waals surface area contributed by atoms with Gasteiger partial charge in [0.25, 0.3) is 0 Å². The molecule has 0 radical (unpaired) electrons. The Bertz CT molecular complexity index is 239. The minimum atomic E-state index is 0.0196. The van der Waals surface area contributed by atoms with Gasteiger partial charge in [-0.3, -0.25) is 4.79 Å². The van der Waals surface area contributed by atoms with Crippen molar-refractivity contribution in [2.24, 2.45) is 5.92 Å². The molecule has 1 aliphatic carbocycles. The van der Waals surface area contributed by atoms with Crippen LogP contribution in [0.15, 0.2) is 0 Å². The van der Waals surface area contributed by atoms with Gasteiger partial charge >= 0.3 is 0 Å². The van der Waals surface area contributed by atoms with Crippen molar-refractivity contribution in [1.82, 2.24) is 16.0 Å². The van der Waals surface area contributed by atoms with E-state index in [4.69, 9.17) is 12.2 Å². The summed E-state index contributed by atoms with van der Waals surface area (Å²) >= 11 is 5.02. The maximum Gasteiger partial charge on any atom is 0.239 e. The molecule has 1 saturated carbocycles. The van der Waals surface area contributed by atoms with Crippen molar-refractivity contribution in [3.63, 3.8) is 0 Å². The molecular formula is C10H19N3OS. The average Bonchev–Trinajstić information content (AvgIpc) is 2.95. The van der Waals surface area contributed by atoms with Gasteiger partial charge in [0.05, 0.1) is 6.54 Å². The van der Waals surface area contributed by atoms with Crippen LogP contribution in [-0.4, -0.2) is 30.2 Å². The predicted molar refractivity (Wildman–Crippen MR) is 64.6 cm³/mol. The lowest BCUT2D eigenvalue weighted by Crippen LogP contribution is -2.43. The van der Waals surface area contributed by atoms with Crippen molar-refractivity contribution >= 4 is 23.2 Å². The zero-order valence-corrected chi connectivity index (χ0v) is 10.1. The molecule has 0 atom stereocenters. The van der Waals surface area contributed by atoms with Crippen LogP contribution in [0, 0.1) is 5.92 Å². The van der Waals surface area contributed by atoms with Gasteiger partial charge in [-0.1, -0.05) is 13.8 Å². The molecule has 1 amide bonds. The average molecular weight is 229 g/mol. The highest BCUT2D eigenvalue weighted by molar-refractivity contribution is 7.80. The number of nitrogens with one attached hydrogen (secondary N) is 3. The van der Waals surface area contributed by atoms with Crippen molar-refractivity contribution in [2.75, 3.05) is 13.1 Å². The van der Waals surface area contributed by atoms with E-state index in [9.17, 15) is 4.79 Å². The molecule has 86 valence electrons. The van der Waals surface area contributed by atoms with Crippen LogP contribution in [-0.2, 0) is 4.79 Å². The van der Waals surface area contributed by atoms with Crippen LogP contribution in [0.5, 0.6) is 0 Å². The van der Waals surface area contributed by atoms with Crippen LogP contribution in [0.25, 0.3) is 0 Å². The standard InChI is InChI=1S/C10H19N3OS/c1-7(2)5-11-10(15)12-6-9(14)13-8-3-4-8/h7-8H,3-6H2,1-2H3,(H,13,14)(H2,11,12,15). The summed E-state index contributed by atoms with van der Waals surface area (Å²) in [6, 6.07) is 0.413. The molecule has 1 rings (SSSR count). The van der Waals surface area contributed by atoms with Gasteiger partial charge in [0, 0.05) is 12.6 Å². The lowest BCUT2D eigenvalue weighted by Gasteiger charge is -2.11. The van der Waals surface area contributed by atoms with Crippen LogP contribution in [0.4, 0.5) is 0 Å². The van der Waals surface area contributed by atoms with Gasteiger partial charge in [-0.2, -0.15) is 0 Å². The van der Waals surface area contributed by atoms with E-state index in [1.54, 1.807) is 0 Å². The first-order valence-corrected chi connectivity index (χ1v) is 5.80. The number of carbonyl (C=O) groups is 1. The highest BCUT2D eigenvalue weighted by atomic mass is 32.1. The predicted octanol–water partition coefficient (Wildman–Crippen LogP) is 0.385. The van der Waals surface area contributed by atoms with E-state index in [0.29, 0.717) is 17.1 Å². The van der Waals surface area contributed by atoms with Crippen LogP contribution < -0.4 is 16.0 Å². The molecule has 3 N–H and O–H groups in total. The van der Waals surface area contributed by atoms with Crippen molar-refractivity contribution in [1.29, 1.82) is 0 Å². The zero-order valence-electron chi connectivity index (χ0n) is 9.30. The third kappa shape index (κ3) is 6.28. The van der Waals surface area contributed by atoms with Gasteiger partial charge in [-0.05, 0) is 31.0 Å². The quantitative estimate of drug-likeness (QED) is 0.597. The highest BCUT2D eigenvalue weighted by Gasteiger charge is 2.22. The first-order chi connectivity index (χ1) is 7.08. The Hall–Kier alpha value is -0.840. The summed E-state index contributed by atoms with van der Waals surface area (Å²) < 4.78 is 0. The van der Waals surface area contributed by atoms with Gasteiger partial charge in [0.1, 0.15) is 0 Å². The molecule has 0 aromatic heterocycles. The molecule has 0 spiro atoms. The van der Waals surface area contributed by atoms with E-state index < -0.39 is 0 Å². The minimum Gasteiger partial charge on any atom is -0.362 e. The molecule has 1 fully saturated rings. The van der Waals surface area contributed by atoms with Crippen molar-refractivity contribution in [2.45, 2.75) is 32.7 Å². The number of amides is 1. The molecule has 0 aliphatic heterocycles. The van der Waals surface area contributed by atoms with E-state index in [0.717, 1.165) is 19.4 Å². The van der Waals surface area contributed by atoms with Crippen molar-refractivity contribution in [3.8, 4) is 0 Å². The molecule has 0 heterocycles. The molecule has 5 heteroatoms. The largest absolute Gasteiger partial charge is 0.362 e. The Morgan fingerprint density at radius 2 is 2.07 bits per heavy atom. The summed E-state index contributed by atoms with van der Waals surface area (Å²) in [6.07, 6.45) is 2.23. The minimum absolute atomic E-state index is 0.0196. The number of carbonyl (C=O) groups excluding carboxylic acids is 1. The zero-order chi connectivity index (χ0) is 11.3. The van der Waals surface area contributed by atoms with Gasteiger partial charge < -0.3 is 16.0 Å². The second-order valence-electron chi connectivity index (χ2n) is 4.30. The fourth-order valence-corrected chi connectivity index (χ4v) is 1.18. The van der Waals surface area contributed by atoms with Gasteiger partial charge in [-0.25, -0.2) is 0 Å². The summed E-state index contributed by atoms with van der Waals surface area (Å²) in [4.78, 5) is 11.3. The van der Waals surface area contributed by atoms with Crippen LogP contribution in [0.3, 0.4) is 0 Å². The number of hydrogen-bond acceptors (Lipinski definition) is 2. The fraction of sp³-hybridized carbons (Fsp3) is 0.800.